The molecule has 0 spiro atoms. The molecule has 0 bridgehead atoms. The van der Waals surface area contributed by atoms with Crippen LogP contribution in [-0.4, -0.2) is 4.98 Å². The van der Waals surface area contributed by atoms with Crippen molar-refractivity contribution < 1.29 is 4.39 Å². The summed E-state index contributed by atoms with van der Waals surface area (Å²) in [4.78, 5) is 2.45. The molecule has 1 aromatic rings. The van der Waals surface area contributed by atoms with E-state index in [0.29, 0.717) is 0 Å². The second-order valence-corrected chi connectivity index (χ2v) is 1.71. The molecule has 8 heavy (non-hydrogen) atoms. The lowest BCUT2D eigenvalue weighted by molar-refractivity contribution is 0.591. The molecular formula is C6H8FN. The molecule has 2 heteroatoms. The number of hydrogen-bond donors (Lipinski definition) is 1. The lowest BCUT2D eigenvalue weighted by Gasteiger charge is -1.78. The van der Waals surface area contributed by atoms with Crippen LogP contribution >= 0.6 is 0 Å². The second-order valence-electron chi connectivity index (χ2n) is 1.71. The standard InChI is InChI=1S/C6H8FN/c1-2-5-3-6(7)8-4-5/h3-4,8H,2H2,1H3. The highest BCUT2D eigenvalue weighted by Gasteiger charge is 1.91. The van der Waals surface area contributed by atoms with Gasteiger partial charge in [-0.25, -0.2) is 0 Å². The first kappa shape index (κ1) is 5.35. The Labute approximate surface area is 47.5 Å². The number of rotatable bonds is 1. The molecule has 0 saturated heterocycles. The highest BCUT2D eigenvalue weighted by atomic mass is 19.1. The van der Waals surface area contributed by atoms with Crippen LogP contribution < -0.4 is 0 Å². The number of hydrogen-bond acceptors (Lipinski definition) is 0. The molecule has 1 heterocycles. The topological polar surface area (TPSA) is 15.8 Å². The Kier molecular flexibility index (Phi) is 1.33. The zero-order valence-corrected chi connectivity index (χ0v) is 4.74. The van der Waals surface area contributed by atoms with E-state index in [1.54, 1.807) is 6.20 Å². The SMILES string of the molecule is CCc1c[nH]c(F)c1. The molecule has 0 aliphatic heterocycles. The van der Waals surface area contributed by atoms with E-state index in [0.717, 1.165) is 12.0 Å². The maximum Gasteiger partial charge on any atom is 0.191 e. The van der Waals surface area contributed by atoms with Gasteiger partial charge in [0.15, 0.2) is 5.95 Å². The van der Waals surface area contributed by atoms with Gasteiger partial charge in [-0.3, -0.25) is 0 Å². The van der Waals surface area contributed by atoms with E-state index in [1.807, 2.05) is 6.92 Å². The molecule has 0 aromatic carbocycles. The zero-order chi connectivity index (χ0) is 5.98. The fourth-order valence-corrected chi connectivity index (χ4v) is 0.612. The second kappa shape index (κ2) is 1.99. The Bertz CT molecular complexity index is 169. The molecule has 0 atom stereocenters. The van der Waals surface area contributed by atoms with E-state index in [4.69, 9.17) is 0 Å². The maximum absolute atomic E-state index is 12.1. The molecule has 1 rings (SSSR count). The third kappa shape index (κ3) is 0.886. The smallest absolute Gasteiger partial charge is 0.191 e. The number of H-pyrrole nitrogens is 1. The predicted molar refractivity (Wildman–Crippen MR) is 30.1 cm³/mol. The van der Waals surface area contributed by atoms with Crippen molar-refractivity contribution in [1.82, 2.24) is 4.98 Å². The van der Waals surface area contributed by atoms with Gasteiger partial charge in [0, 0.05) is 6.20 Å². The van der Waals surface area contributed by atoms with E-state index in [9.17, 15) is 4.39 Å². The van der Waals surface area contributed by atoms with Crippen molar-refractivity contribution in [1.29, 1.82) is 0 Å². The normalized spacial score (nSPS) is 9.75. The monoisotopic (exact) mass is 113 g/mol. The van der Waals surface area contributed by atoms with Gasteiger partial charge >= 0.3 is 0 Å². The molecule has 0 radical (unpaired) electrons. The van der Waals surface area contributed by atoms with Crippen LogP contribution in [0.25, 0.3) is 0 Å². The van der Waals surface area contributed by atoms with E-state index in [1.165, 1.54) is 6.07 Å². The third-order valence-corrected chi connectivity index (χ3v) is 1.12. The van der Waals surface area contributed by atoms with Crippen LogP contribution in [-0.2, 0) is 6.42 Å². The van der Waals surface area contributed by atoms with Gasteiger partial charge in [-0.1, -0.05) is 6.92 Å². The first-order valence-corrected chi connectivity index (χ1v) is 2.65. The lowest BCUT2D eigenvalue weighted by atomic mass is 10.3. The summed E-state index contributed by atoms with van der Waals surface area (Å²) < 4.78 is 12.1. The van der Waals surface area contributed by atoms with Gasteiger partial charge < -0.3 is 4.98 Å². The quantitative estimate of drug-likeness (QED) is 0.570. The molecule has 1 aromatic heterocycles. The van der Waals surface area contributed by atoms with E-state index in [2.05, 4.69) is 4.98 Å². The van der Waals surface area contributed by atoms with Crippen molar-refractivity contribution in [2.75, 3.05) is 0 Å². The number of aryl methyl sites for hydroxylation is 1. The summed E-state index contributed by atoms with van der Waals surface area (Å²) in [5.41, 5.74) is 1.02. The van der Waals surface area contributed by atoms with Crippen molar-refractivity contribution >= 4 is 0 Å². The van der Waals surface area contributed by atoms with Gasteiger partial charge in [-0.15, -0.1) is 0 Å². The molecule has 44 valence electrons. The van der Waals surface area contributed by atoms with Crippen LogP contribution in [0.4, 0.5) is 4.39 Å². The average Bonchev–Trinajstić information content (AvgIpc) is 2.14. The number of nitrogens with one attached hydrogen (secondary N) is 1. The van der Waals surface area contributed by atoms with Crippen molar-refractivity contribution in [2.45, 2.75) is 13.3 Å². The van der Waals surface area contributed by atoms with Gasteiger partial charge in [0.2, 0.25) is 0 Å². The van der Waals surface area contributed by atoms with Crippen molar-refractivity contribution in [2.24, 2.45) is 0 Å². The minimum atomic E-state index is -0.248. The fraction of sp³-hybridized carbons (Fsp3) is 0.333. The molecular weight excluding hydrogens is 105 g/mol. The fourth-order valence-electron chi connectivity index (χ4n) is 0.612. The van der Waals surface area contributed by atoms with E-state index in [-0.39, 0.29) is 5.95 Å². The first-order chi connectivity index (χ1) is 3.83. The summed E-state index contributed by atoms with van der Waals surface area (Å²) in [6.45, 7) is 1.99. The van der Waals surface area contributed by atoms with Crippen LogP contribution in [0.3, 0.4) is 0 Å². The van der Waals surface area contributed by atoms with Gasteiger partial charge in [-0.05, 0) is 18.1 Å². The minimum absolute atomic E-state index is 0.248. The van der Waals surface area contributed by atoms with Gasteiger partial charge in [0.25, 0.3) is 0 Å². The van der Waals surface area contributed by atoms with Gasteiger partial charge in [0.1, 0.15) is 0 Å². The Hall–Kier alpha value is -0.790. The maximum atomic E-state index is 12.1. The van der Waals surface area contributed by atoms with Gasteiger partial charge in [-0.2, -0.15) is 4.39 Å². The molecule has 0 amide bonds. The van der Waals surface area contributed by atoms with E-state index >= 15 is 0 Å². The summed E-state index contributed by atoms with van der Waals surface area (Å²) in [7, 11) is 0. The molecule has 0 fully saturated rings. The van der Waals surface area contributed by atoms with Crippen LogP contribution in [0.5, 0.6) is 0 Å². The van der Waals surface area contributed by atoms with Crippen molar-refractivity contribution in [3.63, 3.8) is 0 Å². The summed E-state index contributed by atoms with van der Waals surface area (Å²) >= 11 is 0. The molecule has 0 unspecified atom stereocenters. The van der Waals surface area contributed by atoms with Crippen molar-refractivity contribution in [3.05, 3.63) is 23.8 Å². The summed E-state index contributed by atoms with van der Waals surface area (Å²) in [6.07, 6.45) is 2.57. The summed E-state index contributed by atoms with van der Waals surface area (Å²) in [5, 5.41) is 0. The zero-order valence-electron chi connectivity index (χ0n) is 4.74. The molecule has 1 N–H and O–H groups in total. The van der Waals surface area contributed by atoms with Crippen LogP contribution in [0, 0.1) is 5.95 Å². The van der Waals surface area contributed by atoms with Gasteiger partial charge in [0.05, 0.1) is 0 Å². The Morgan fingerprint density at radius 2 is 2.50 bits per heavy atom. The van der Waals surface area contributed by atoms with E-state index < -0.39 is 0 Å². The highest BCUT2D eigenvalue weighted by Crippen LogP contribution is 2.00. The van der Waals surface area contributed by atoms with Crippen molar-refractivity contribution in [3.8, 4) is 0 Å². The van der Waals surface area contributed by atoms with Crippen LogP contribution in [0.2, 0.25) is 0 Å². The molecule has 0 aliphatic carbocycles. The highest BCUT2D eigenvalue weighted by molar-refractivity contribution is 5.08. The first-order valence-electron chi connectivity index (χ1n) is 2.65. The minimum Gasteiger partial charge on any atom is -0.338 e. The predicted octanol–water partition coefficient (Wildman–Crippen LogP) is 1.72. The summed E-state index contributed by atoms with van der Waals surface area (Å²) in [5.74, 6) is -0.248. The Morgan fingerprint density at radius 3 is 2.75 bits per heavy atom. The largest absolute Gasteiger partial charge is 0.338 e. The third-order valence-electron chi connectivity index (χ3n) is 1.12. The average molecular weight is 113 g/mol. The lowest BCUT2D eigenvalue weighted by Crippen LogP contribution is -1.68. The Morgan fingerprint density at radius 1 is 1.75 bits per heavy atom. The number of halogens is 1. The summed E-state index contributed by atoms with van der Waals surface area (Å²) in [6, 6.07) is 1.50. The molecule has 1 nitrogen and oxygen atoms in total. The number of aromatic nitrogens is 1. The Balaban J connectivity index is 2.84. The van der Waals surface area contributed by atoms with Crippen LogP contribution in [0.15, 0.2) is 12.3 Å². The molecule has 0 aliphatic rings. The number of aromatic amines is 1. The van der Waals surface area contributed by atoms with Crippen LogP contribution in [0.1, 0.15) is 12.5 Å². The molecule has 0 saturated carbocycles.